The Morgan fingerprint density at radius 1 is 1.12 bits per heavy atom. The number of rotatable bonds is 8. The average Bonchev–Trinajstić information content (AvgIpc) is 2.79. The number of aromatic nitrogens is 1. The highest BCUT2D eigenvalue weighted by atomic mass is 32.2. The topological polar surface area (TPSA) is 88.2 Å². The Labute approximate surface area is 190 Å². The van der Waals surface area contributed by atoms with Gasteiger partial charge < -0.3 is 5.32 Å². The molecule has 3 rings (SSSR count). The van der Waals surface area contributed by atoms with Gasteiger partial charge in [-0.05, 0) is 74.8 Å². The molecular formula is C24H32FN3O3S. The molecule has 0 saturated heterocycles. The minimum atomic E-state index is -3.66. The maximum atomic E-state index is 13.1. The van der Waals surface area contributed by atoms with Crippen molar-refractivity contribution in [2.45, 2.75) is 76.3 Å². The van der Waals surface area contributed by atoms with Crippen LogP contribution in [0.3, 0.4) is 0 Å². The smallest absolute Gasteiger partial charge is 0.242 e. The Kier molecular flexibility index (Phi) is 8.00. The number of aryl methyl sites for hydroxylation is 2. The quantitative estimate of drug-likeness (QED) is 0.621. The molecule has 0 bridgehead atoms. The van der Waals surface area contributed by atoms with Gasteiger partial charge in [-0.1, -0.05) is 26.0 Å². The summed E-state index contributed by atoms with van der Waals surface area (Å²) in [5.74, 6) is -0.512. The lowest BCUT2D eigenvalue weighted by Crippen LogP contribution is -2.41. The summed E-state index contributed by atoms with van der Waals surface area (Å²) in [5, 5.41) is 2.99. The number of pyridine rings is 1. The fourth-order valence-corrected chi connectivity index (χ4v) is 5.51. The molecule has 1 amide bonds. The second kappa shape index (κ2) is 10.5. The third-order valence-electron chi connectivity index (χ3n) is 6.21. The van der Waals surface area contributed by atoms with E-state index in [1.165, 1.54) is 18.3 Å². The van der Waals surface area contributed by atoms with Crippen LogP contribution in [0.25, 0.3) is 0 Å². The minimum absolute atomic E-state index is 0.0462. The van der Waals surface area contributed by atoms with Gasteiger partial charge in [0.05, 0.1) is 6.04 Å². The highest BCUT2D eigenvalue weighted by molar-refractivity contribution is 7.89. The fourth-order valence-electron chi connectivity index (χ4n) is 4.22. The van der Waals surface area contributed by atoms with E-state index in [0.29, 0.717) is 25.7 Å². The zero-order valence-corrected chi connectivity index (χ0v) is 19.7. The standard InChI is InChI=1S/C24H32FN3O3S/c1-4-17-14-22(15-26-23(17)5-2)32(30,31)28-21-12-8-19(9-13-21)24(29)27-16(3)18-6-10-20(25)11-7-18/h6-7,10-11,14-16,19,21,28H,4-5,8-9,12-13H2,1-3H3,(H,27,29)/t16-,19?,21?/m1/s1. The van der Waals surface area contributed by atoms with Gasteiger partial charge >= 0.3 is 0 Å². The summed E-state index contributed by atoms with van der Waals surface area (Å²) in [6.07, 6.45) is 5.35. The van der Waals surface area contributed by atoms with Crippen LogP contribution >= 0.6 is 0 Å². The molecule has 1 fully saturated rings. The van der Waals surface area contributed by atoms with Gasteiger partial charge in [-0.2, -0.15) is 0 Å². The van der Waals surface area contributed by atoms with Crippen LogP contribution in [0.15, 0.2) is 41.4 Å². The van der Waals surface area contributed by atoms with E-state index in [1.807, 2.05) is 20.8 Å². The highest BCUT2D eigenvalue weighted by Crippen LogP contribution is 2.27. The Balaban J connectivity index is 1.55. The van der Waals surface area contributed by atoms with Crippen LogP contribution in [0.4, 0.5) is 4.39 Å². The van der Waals surface area contributed by atoms with E-state index in [0.717, 1.165) is 29.7 Å². The lowest BCUT2D eigenvalue weighted by atomic mass is 9.85. The van der Waals surface area contributed by atoms with E-state index in [-0.39, 0.29) is 34.6 Å². The summed E-state index contributed by atoms with van der Waals surface area (Å²) in [4.78, 5) is 17.2. The van der Waals surface area contributed by atoms with Gasteiger partial charge in [-0.15, -0.1) is 0 Å². The van der Waals surface area contributed by atoms with Gasteiger partial charge in [-0.3, -0.25) is 9.78 Å². The molecule has 1 aliphatic carbocycles. The molecule has 0 aliphatic heterocycles. The van der Waals surface area contributed by atoms with Gasteiger partial charge in [0.2, 0.25) is 15.9 Å². The number of nitrogens with one attached hydrogen (secondary N) is 2. The predicted octanol–water partition coefficient (Wildman–Crippen LogP) is 4.06. The number of carbonyl (C=O) groups is 1. The maximum Gasteiger partial charge on any atom is 0.242 e. The van der Waals surface area contributed by atoms with Crippen molar-refractivity contribution < 1.29 is 17.6 Å². The monoisotopic (exact) mass is 461 g/mol. The van der Waals surface area contributed by atoms with Gasteiger partial charge in [0, 0.05) is 23.9 Å². The summed E-state index contributed by atoms with van der Waals surface area (Å²) < 4.78 is 41.6. The van der Waals surface area contributed by atoms with E-state index in [4.69, 9.17) is 0 Å². The first-order valence-corrected chi connectivity index (χ1v) is 12.8. The highest BCUT2D eigenvalue weighted by Gasteiger charge is 2.30. The van der Waals surface area contributed by atoms with Gasteiger partial charge in [0.25, 0.3) is 0 Å². The zero-order valence-electron chi connectivity index (χ0n) is 18.9. The Hall–Kier alpha value is -2.32. The van der Waals surface area contributed by atoms with Crippen LogP contribution in [-0.4, -0.2) is 25.4 Å². The fraction of sp³-hybridized carbons (Fsp3) is 0.500. The van der Waals surface area contributed by atoms with Crippen molar-refractivity contribution in [2.75, 3.05) is 0 Å². The van der Waals surface area contributed by atoms with Crippen LogP contribution < -0.4 is 10.0 Å². The van der Waals surface area contributed by atoms with Crippen LogP contribution in [0.1, 0.15) is 69.3 Å². The largest absolute Gasteiger partial charge is 0.349 e. The van der Waals surface area contributed by atoms with Crippen molar-refractivity contribution in [1.29, 1.82) is 0 Å². The molecule has 32 heavy (non-hydrogen) atoms. The Morgan fingerprint density at radius 2 is 1.78 bits per heavy atom. The van der Waals surface area contributed by atoms with Crippen LogP contribution in [-0.2, 0) is 27.7 Å². The summed E-state index contributed by atoms with van der Waals surface area (Å²) in [6, 6.07) is 7.38. The van der Waals surface area contributed by atoms with Crippen LogP contribution in [0.2, 0.25) is 0 Å². The molecule has 1 aliphatic rings. The number of nitrogens with zero attached hydrogens (tertiary/aromatic N) is 1. The molecule has 0 radical (unpaired) electrons. The molecule has 1 aromatic heterocycles. The number of amides is 1. The molecule has 174 valence electrons. The molecule has 1 aromatic carbocycles. The number of hydrogen-bond acceptors (Lipinski definition) is 4. The number of sulfonamides is 1. The van der Waals surface area contributed by atoms with E-state index in [9.17, 15) is 17.6 Å². The molecule has 1 saturated carbocycles. The molecule has 6 nitrogen and oxygen atoms in total. The van der Waals surface area contributed by atoms with Crippen molar-refractivity contribution in [3.8, 4) is 0 Å². The average molecular weight is 462 g/mol. The summed E-state index contributed by atoms with van der Waals surface area (Å²) in [7, 11) is -3.66. The Bertz CT molecular complexity index is 1030. The minimum Gasteiger partial charge on any atom is -0.349 e. The first-order chi connectivity index (χ1) is 15.2. The maximum absolute atomic E-state index is 13.1. The third kappa shape index (κ3) is 5.92. The van der Waals surface area contributed by atoms with Crippen molar-refractivity contribution in [3.05, 3.63) is 59.2 Å². The molecule has 0 unspecified atom stereocenters. The zero-order chi connectivity index (χ0) is 23.3. The summed E-state index contributed by atoms with van der Waals surface area (Å²) >= 11 is 0. The van der Waals surface area contributed by atoms with Crippen molar-refractivity contribution >= 4 is 15.9 Å². The lowest BCUT2D eigenvalue weighted by Gasteiger charge is -2.29. The summed E-state index contributed by atoms with van der Waals surface area (Å²) in [5.41, 5.74) is 2.72. The molecule has 0 spiro atoms. The van der Waals surface area contributed by atoms with Crippen molar-refractivity contribution in [1.82, 2.24) is 15.0 Å². The van der Waals surface area contributed by atoms with Crippen molar-refractivity contribution in [3.63, 3.8) is 0 Å². The summed E-state index contributed by atoms with van der Waals surface area (Å²) in [6.45, 7) is 5.86. The van der Waals surface area contributed by atoms with Crippen LogP contribution in [0.5, 0.6) is 0 Å². The predicted molar refractivity (Wildman–Crippen MR) is 122 cm³/mol. The van der Waals surface area contributed by atoms with E-state index in [1.54, 1.807) is 18.2 Å². The second-order valence-corrected chi connectivity index (χ2v) is 10.1. The van der Waals surface area contributed by atoms with Gasteiger partial charge in [0.1, 0.15) is 10.7 Å². The number of carbonyl (C=O) groups excluding carboxylic acids is 1. The lowest BCUT2D eigenvalue weighted by molar-refractivity contribution is -0.126. The van der Waals surface area contributed by atoms with Gasteiger partial charge in [-0.25, -0.2) is 17.5 Å². The molecule has 1 heterocycles. The van der Waals surface area contributed by atoms with Crippen molar-refractivity contribution in [2.24, 2.45) is 5.92 Å². The van der Waals surface area contributed by atoms with E-state index in [2.05, 4.69) is 15.0 Å². The van der Waals surface area contributed by atoms with Gasteiger partial charge in [0.15, 0.2) is 0 Å². The number of halogens is 1. The Morgan fingerprint density at radius 3 is 2.38 bits per heavy atom. The van der Waals surface area contributed by atoms with E-state index < -0.39 is 10.0 Å². The first-order valence-electron chi connectivity index (χ1n) is 11.3. The second-order valence-electron chi connectivity index (χ2n) is 8.44. The van der Waals surface area contributed by atoms with E-state index >= 15 is 0 Å². The SMILES string of the molecule is CCc1cc(S(=O)(=O)NC2CCC(C(=O)N[C@H](C)c3ccc(F)cc3)CC2)cnc1CC. The molecule has 2 aromatic rings. The molecule has 8 heteroatoms. The first kappa shape index (κ1) is 24.3. The van der Waals surface area contributed by atoms with Crippen LogP contribution in [0, 0.1) is 11.7 Å². The third-order valence-corrected chi connectivity index (χ3v) is 7.70. The normalized spacial score (nSPS) is 20.0. The molecule has 2 N–H and O–H groups in total. The number of benzene rings is 1. The molecular weight excluding hydrogens is 429 g/mol. The number of hydrogen-bond donors (Lipinski definition) is 2. The molecule has 1 atom stereocenters.